The summed E-state index contributed by atoms with van der Waals surface area (Å²) < 4.78 is 11.0. The number of nitrogens with zero attached hydrogens (tertiary/aromatic N) is 3. The maximum atomic E-state index is 12.0. The zero-order valence-electron chi connectivity index (χ0n) is 17.5. The third-order valence-electron chi connectivity index (χ3n) is 4.91. The molecule has 0 radical (unpaired) electrons. The van der Waals surface area contributed by atoms with Crippen LogP contribution in [0.15, 0.2) is 41.4 Å². The van der Waals surface area contributed by atoms with Crippen molar-refractivity contribution in [1.29, 1.82) is 0 Å². The largest absolute Gasteiger partial charge is 0.496 e. The summed E-state index contributed by atoms with van der Waals surface area (Å²) in [5, 5.41) is 13.2. The van der Waals surface area contributed by atoms with Crippen LogP contribution in [0.3, 0.4) is 0 Å². The SMILES string of the molecule is COc1ccccc1-c1nc(C)c(-c2ccc(SCC(=O)NCC3CCCO3)nn2)s1. The molecule has 1 aromatic carbocycles. The highest BCUT2D eigenvalue weighted by molar-refractivity contribution is 7.99. The number of hydrogen-bond acceptors (Lipinski definition) is 8. The van der Waals surface area contributed by atoms with E-state index < -0.39 is 0 Å². The van der Waals surface area contributed by atoms with E-state index in [1.807, 2.05) is 43.3 Å². The summed E-state index contributed by atoms with van der Waals surface area (Å²) in [5.74, 6) is 1.07. The van der Waals surface area contributed by atoms with Gasteiger partial charge in [-0.2, -0.15) is 0 Å². The van der Waals surface area contributed by atoms with Crippen molar-refractivity contribution in [2.24, 2.45) is 0 Å². The van der Waals surface area contributed by atoms with Crippen LogP contribution in [0.1, 0.15) is 18.5 Å². The van der Waals surface area contributed by atoms with Crippen molar-refractivity contribution < 1.29 is 14.3 Å². The zero-order chi connectivity index (χ0) is 21.6. The second-order valence-electron chi connectivity index (χ2n) is 7.12. The number of aromatic nitrogens is 3. The molecular formula is C22H24N4O3S2. The van der Waals surface area contributed by atoms with Crippen LogP contribution >= 0.6 is 23.1 Å². The minimum atomic E-state index is -0.0221. The number of methoxy groups -OCH3 is 1. The molecule has 0 saturated carbocycles. The summed E-state index contributed by atoms with van der Waals surface area (Å²) in [5.41, 5.74) is 2.62. The van der Waals surface area contributed by atoms with E-state index in [0.717, 1.165) is 52.0 Å². The number of para-hydroxylation sites is 1. The quantitative estimate of drug-likeness (QED) is 0.513. The second-order valence-corrected chi connectivity index (χ2v) is 9.11. The number of thiazole rings is 1. The number of carbonyl (C=O) groups excluding carboxylic acids is 1. The van der Waals surface area contributed by atoms with Gasteiger partial charge in [0.05, 0.1) is 35.1 Å². The fourth-order valence-electron chi connectivity index (χ4n) is 3.31. The van der Waals surface area contributed by atoms with Gasteiger partial charge in [-0.3, -0.25) is 4.79 Å². The van der Waals surface area contributed by atoms with Crippen LogP contribution < -0.4 is 10.1 Å². The zero-order valence-corrected chi connectivity index (χ0v) is 19.1. The van der Waals surface area contributed by atoms with E-state index >= 15 is 0 Å². The molecule has 3 aromatic rings. The lowest BCUT2D eigenvalue weighted by molar-refractivity contribution is -0.119. The number of ether oxygens (including phenoxy) is 2. The summed E-state index contributed by atoms with van der Waals surface area (Å²) in [6.07, 6.45) is 2.23. The van der Waals surface area contributed by atoms with Gasteiger partial charge in [0, 0.05) is 13.2 Å². The number of benzene rings is 1. The minimum absolute atomic E-state index is 0.0221. The van der Waals surface area contributed by atoms with Gasteiger partial charge in [0.15, 0.2) is 0 Å². The van der Waals surface area contributed by atoms with Gasteiger partial charge >= 0.3 is 0 Å². The first kappa shape index (κ1) is 21.7. The van der Waals surface area contributed by atoms with Gasteiger partial charge in [0.25, 0.3) is 0 Å². The molecule has 1 aliphatic rings. The Morgan fingerprint density at radius 3 is 2.90 bits per heavy atom. The smallest absolute Gasteiger partial charge is 0.230 e. The third kappa shape index (κ3) is 5.41. The van der Waals surface area contributed by atoms with Crippen molar-refractivity contribution in [3.63, 3.8) is 0 Å². The van der Waals surface area contributed by atoms with E-state index in [1.54, 1.807) is 18.4 Å². The van der Waals surface area contributed by atoms with E-state index in [-0.39, 0.29) is 12.0 Å². The Labute approximate surface area is 189 Å². The molecule has 2 aromatic heterocycles. The molecule has 7 nitrogen and oxygen atoms in total. The number of aryl methyl sites for hydroxylation is 1. The van der Waals surface area contributed by atoms with E-state index in [2.05, 4.69) is 15.5 Å². The van der Waals surface area contributed by atoms with E-state index in [4.69, 9.17) is 14.5 Å². The van der Waals surface area contributed by atoms with Crippen LogP contribution in [0, 0.1) is 6.92 Å². The van der Waals surface area contributed by atoms with Crippen molar-refractivity contribution in [3.8, 4) is 26.9 Å². The molecule has 4 rings (SSSR count). The summed E-state index contributed by atoms with van der Waals surface area (Å²) in [4.78, 5) is 17.7. The Morgan fingerprint density at radius 2 is 2.16 bits per heavy atom. The second kappa shape index (κ2) is 10.2. The topological polar surface area (TPSA) is 86.2 Å². The highest BCUT2D eigenvalue weighted by Crippen LogP contribution is 2.38. The minimum Gasteiger partial charge on any atom is -0.496 e. The van der Waals surface area contributed by atoms with Gasteiger partial charge in [0.1, 0.15) is 21.5 Å². The summed E-state index contributed by atoms with van der Waals surface area (Å²) in [6, 6.07) is 11.6. The van der Waals surface area contributed by atoms with Gasteiger partial charge in [0.2, 0.25) is 5.91 Å². The van der Waals surface area contributed by atoms with Crippen LogP contribution in [-0.4, -0.2) is 53.2 Å². The average molecular weight is 457 g/mol. The molecule has 0 bridgehead atoms. The number of amides is 1. The normalized spacial score (nSPS) is 15.7. The molecule has 9 heteroatoms. The van der Waals surface area contributed by atoms with E-state index in [0.29, 0.717) is 17.3 Å². The molecule has 1 amide bonds. The van der Waals surface area contributed by atoms with Crippen LogP contribution in [-0.2, 0) is 9.53 Å². The van der Waals surface area contributed by atoms with Crippen LogP contribution in [0.4, 0.5) is 0 Å². The number of carbonyl (C=O) groups is 1. The fourth-order valence-corrected chi connectivity index (χ4v) is 5.02. The van der Waals surface area contributed by atoms with E-state index in [1.165, 1.54) is 11.8 Å². The molecule has 1 fully saturated rings. The molecule has 0 spiro atoms. The van der Waals surface area contributed by atoms with Gasteiger partial charge < -0.3 is 14.8 Å². The number of rotatable bonds is 8. The first-order valence-corrected chi connectivity index (χ1v) is 11.9. The number of nitrogens with one attached hydrogen (secondary N) is 1. The third-order valence-corrected chi connectivity index (χ3v) is 7.04. The van der Waals surface area contributed by atoms with Crippen molar-refractivity contribution in [2.75, 3.05) is 26.0 Å². The Morgan fingerprint density at radius 1 is 1.29 bits per heavy atom. The summed E-state index contributed by atoms with van der Waals surface area (Å²) in [6.45, 7) is 3.33. The summed E-state index contributed by atoms with van der Waals surface area (Å²) in [7, 11) is 1.66. The lowest BCUT2D eigenvalue weighted by Gasteiger charge is -2.10. The van der Waals surface area contributed by atoms with E-state index in [9.17, 15) is 4.79 Å². The molecule has 0 aliphatic carbocycles. The first-order valence-electron chi connectivity index (χ1n) is 10.1. The lowest BCUT2D eigenvalue weighted by atomic mass is 10.2. The monoisotopic (exact) mass is 456 g/mol. The Hall–Kier alpha value is -2.49. The van der Waals surface area contributed by atoms with Crippen molar-refractivity contribution >= 4 is 29.0 Å². The number of thioether (sulfide) groups is 1. The molecule has 1 N–H and O–H groups in total. The predicted molar refractivity (Wildman–Crippen MR) is 123 cm³/mol. The van der Waals surface area contributed by atoms with Crippen LogP contribution in [0.5, 0.6) is 5.75 Å². The van der Waals surface area contributed by atoms with Crippen molar-refractivity contribution in [2.45, 2.75) is 30.9 Å². The molecule has 1 aliphatic heterocycles. The standard InChI is InChI=1S/C22H24N4O3S2/c1-14-21(31-22(24-14)16-7-3-4-8-18(16)28-2)17-9-10-20(26-25-17)30-13-19(27)23-12-15-6-5-11-29-15/h3-4,7-10,15H,5-6,11-13H2,1-2H3,(H,23,27). The Bertz CT molecular complexity index is 1030. The summed E-state index contributed by atoms with van der Waals surface area (Å²) >= 11 is 2.93. The molecule has 3 heterocycles. The van der Waals surface area contributed by atoms with Crippen molar-refractivity contribution in [3.05, 3.63) is 42.1 Å². The van der Waals surface area contributed by atoms with Gasteiger partial charge in [-0.15, -0.1) is 21.5 Å². The molecule has 1 unspecified atom stereocenters. The Kier molecular flexibility index (Phi) is 7.16. The predicted octanol–water partition coefficient (Wildman–Crippen LogP) is 3.97. The van der Waals surface area contributed by atoms with Crippen molar-refractivity contribution in [1.82, 2.24) is 20.5 Å². The number of hydrogen-bond donors (Lipinski definition) is 1. The van der Waals surface area contributed by atoms with Gasteiger partial charge in [-0.1, -0.05) is 23.9 Å². The van der Waals surface area contributed by atoms with Crippen LogP contribution in [0.2, 0.25) is 0 Å². The first-order chi connectivity index (χ1) is 15.1. The fraction of sp³-hybridized carbons (Fsp3) is 0.364. The highest BCUT2D eigenvalue weighted by Gasteiger charge is 2.17. The molecule has 31 heavy (non-hydrogen) atoms. The molecule has 162 valence electrons. The van der Waals surface area contributed by atoms with Gasteiger partial charge in [-0.05, 0) is 44.0 Å². The molecule has 1 saturated heterocycles. The molecular weight excluding hydrogens is 432 g/mol. The maximum Gasteiger partial charge on any atom is 0.230 e. The Balaban J connectivity index is 1.38. The van der Waals surface area contributed by atoms with Crippen LogP contribution in [0.25, 0.3) is 21.1 Å². The highest BCUT2D eigenvalue weighted by atomic mass is 32.2. The van der Waals surface area contributed by atoms with Gasteiger partial charge in [-0.25, -0.2) is 4.98 Å². The lowest BCUT2D eigenvalue weighted by Crippen LogP contribution is -2.32. The average Bonchev–Trinajstić information content (AvgIpc) is 3.46. The maximum absolute atomic E-state index is 12.0. The molecule has 1 atom stereocenters.